The molecule has 2 aliphatic heterocycles. The number of aryl methyl sites for hydroxylation is 1. The van der Waals surface area contributed by atoms with Gasteiger partial charge in [-0.1, -0.05) is 0 Å². The summed E-state index contributed by atoms with van der Waals surface area (Å²) in [5.41, 5.74) is 1.21. The fourth-order valence-corrected chi connectivity index (χ4v) is 3.85. The van der Waals surface area contributed by atoms with Gasteiger partial charge < -0.3 is 29.9 Å². The Bertz CT molecular complexity index is 598. The lowest BCUT2D eigenvalue weighted by Gasteiger charge is -2.43. The molecule has 2 heterocycles. The molecule has 0 bridgehead atoms. The number of likely N-dealkylation sites (tertiary alicyclic amines) is 1. The minimum Gasteiger partial charge on any atom is -0.494 e. The summed E-state index contributed by atoms with van der Waals surface area (Å²) in [5.74, 6) is 1.83. The van der Waals surface area contributed by atoms with Gasteiger partial charge in [0.2, 0.25) is 0 Å². The molecular weight excluding hydrogens is 350 g/mol. The highest BCUT2D eigenvalue weighted by Crippen LogP contribution is 2.28. The molecule has 0 amide bonds. The van der Waals surface area contributed by atoms with Crippen molar-refractivity contribution in [3.05, 3.63) is 23.8 Å². The SMILES string of the molecule is OC[C@@H]1[C@@H](O)[C@H](O)[C@@H](O)CN1CCCCCOc1ccc2c(c1)CCCO2. The van der Waals surface area contributed by atoms with Crippen molar-refractivity contribution in [1.29, 1.82) is 0 Å². The number of aliphatic hydroxyl groups excluding tert-OH is 4. The number of aliphatic hydroxyl groups is 4. The molecule has 2 aliphatic rings. The van der Waals surface area contributed by atoms with Crippen LogP contribution in [-0.2, 0) is 6.42 Å². The van der Waals surface area contributed by atoms with E-state index in [4.69, 9.17) is 9.47 Å². The number of benzene rings is 1. The van der Waals surface area contributed by atoms with Crippen LogP contribution < -0.4 is 9.47 Å². The first-order valence-electron chi connectivity index (χ1n) is 9.88. The predicted molar refractivity (Wildman–Crippen MR) is 100 cm³/mol. The van der Waals surface area contributed by atoms with Crippen molar-refractivity contribution in [3.63, 3.8) is 0 Å². The van der Waals surface area contributed by atoms with E-state index in [0.717, 1.165) is 50.2 Å². The van der Waals surface area contributed by atoms with E-state index < -0.39 is 24.4 Å². The molecule has 0 saturated carbocycles. The molecule has 3 rings (SSSR count). The molecule has 4 N–H and O–H groups in total. The molecule has 1 aromatic carbocycles. The molecule has 0 unspecified atom stereocenters. The van der Waals surface area contributed by atoms with Crippen LogP contribution in [0.5, 0.6) is 11.5 Å². The first-order valence-corrected chi connectivity index (χ1v) is 9.88. The molecule has 7 heteroatoms. The number of rotatable bonds is 8. The Hall–Kier alpha value is -1.38. The van der Waals surface area contributed by atoms with Crippen LogP contribution in [0.2, 0.25) is 0 Å². The molecule has 1 saturated heterocycles. The first-order chi connectivity index (χ1) is 13.1. The monoisotopic (exact) mass is 381 g/mol. The summed E-state index contributed by atoms with van der Waals surface area (Å²) < 4.78 is 11.4. The summed E-state index contributed by atoms with van der Waals surface area (Å²) >= 11 is 0. The van der Waals surface area contributed by atoms with Gasteiger partial charge in [-0.2, -0.15) is 0 Å². The molecule has 0 radical (unpaired) electrons. The van der Waals surface area contributed by atoms with E-state index >= 15 is 0 Å². The smallest absolute Gasteiger partial charge is 0.122 e. The van der Waals surface area contributed by atoms with Crippen molar-refractivity contribution in [2.75, 3.05) is 32.9 Å². The van der Waals surface area contributed by atoms with Gasteiger partial charge in [-0.15, -0.1) is 0 Å². The number of hydrogen-bond donors (Lipinski definition) is 4. The second kappa shape index (κ2) is 9.71. The molecule has 1 aromatic rings. The van der Waals surface area contributed by atoms with Gasteiger partial charge >= 0.3 is 0 Å². The standard InChI is InChI=1S/C20H31NO6/c22-13-16-19(24)20(25)17(23)12-21(16)8-2-1-3-9-26-15-6-7-18-14(11-15)5-4-10-27-18/h6-7,11,16-17,19-20,22-25H,1-5,8-10,12-13H2/t16-,17+,19-,20-/m1/s1. The molecule has 0 aromatic heterocycles. The molecule has 0 aliphatic carbocycles. The quantitative estimate of drug-likeness (QED) is 0.481. The van der Waals surface area contributed by atoms with E-state index in [2.05, 4.69) is 6.07 Å². The summed E-state index contributed by atoms with van der Waals surface area (Å²) in [6.45, 7) is 2.09. The van der Waals surface area contributed by atoms with E-state index in [-0.39, 0.29) is 13.2 Å². The number of ether oxygens (including phenoxy) is 2. The normalized spacial score (nSPS) is 28.4. The Morgan fingerprint density at radius 1 is 1.11 bits per heavy atom. The fraction of sp³-hybridized carbons (Fsp3) is 0.700. The summed E-state index contributed by atoms with van der Waals surface area (Å²) in [7, 11) is 0. The van der Waals surface area contributed by atoms with E-state index in [0.29, 0.717) is 13.2 Å². The maximum atomic E-state index is 9.99. The third kappa shape index (κ3) is 5.12. The Balaban J connectivity index is 1.35. The van der Waals surface area contributed by atoms with Crippen LogP contribution in [0.1, 0.15) is 31.2 Å². The minimum atomic E-state index is -1.20. The minimum absolute atomic E-state index is 0.240. The van der Waals surface area contributed by atoms with Gasteiger partial charge in [-0.3, -0.25) is 4.90 Å². The van der Waals surface area contributed by atoms with Crippen molar-refractivity contribution >= 4 is 0 Å². The summed E-state index contributed by atoms with van der Waals surface area (Å²) in [6, 6.07) is 5.44. The zero-order valence-corrected chi connectivity index (χ0v) is 15.7. The predicted octanol–water partition coefficient (Wildman–Crippen LogP) is 0.320. The molecule has 0 spiro atoms. The van der Waals surface area contributed by atoms with E-state index in [1.54, 1.807) is 0 Å². The zero-order valence-electron chi connectivity index (χ0n) is 15.7. The van der Waals surface area contributed by atoms with Gasteiger partial charge in [-0.25, -0.2) is 0 Å². The lowest BCUT2D eigenvalue weighted by Crippen LogP contribution is -2.62. The van der Waals surface area contributed by atoms with Gasteiger partial charge in [0.1, 0.15) is 23.7 Å². The van der Waals surface area contributed by atoms with E-state index in [9.17, 15) is 20.4 Å². The maximum absolute atomic E-state index is 9.99. The third-order valence-electron chi connectivity index (χ3n) is 5.45. The van der Waals surface area contributed by atoms with Crippen LogP contribution in [0.15, 0.2) is 18.2 Å². The summed E-state index contributed by atoms with van der Waals surface area (Å²) in [6.07, 6.45) is 1.47. The van der Waals surface area contributed by atoms with Gasteiger partial charge in [0.25, 0.3) is 0 Å². The number of β-amino-alcohol motifs (C(OH)–C–C–N with tert-alkyl or cyclic N) is 1. The van der Waals surface area contributed by atoms with E-state index in [1.165, 1.54) is 5.56 Å². The van der Waals surface area contributed by atoms with Gasteiger partial charge in [0, 0.05) is 6.54 Å². The van der Waals surface area contributed by atoms with Crippen molar-refractivity contribution in [2.24, 2.45) is 0 Å². The third-order valence-corrected chi connectivity index (χ3v) is 5.45. The van der Waals surface area contributed by atoms with Gasteiger partial charge in [-0.05, 0) is 62.4 Å². The summed E-state index contributed by atoms with van der Waals surface area (Å²) in [4.78, 5) is 1.85. The number of piperidine rings is 1. The Kier molecular flexibility index (Phi) is 7.32. The van der Waals surface area contributed by atoms with Crippen LogP contribution in [0.3, 0.4) is 0 Å². The van der Waals surface area contributed by atoms with Crippen molar-refractivity contribution < 1.29 is 29.9 Å². The first kappa shape index (κ1) is 20.4. The second-order valence-electron chi connectivity index (χ2n) is 7.42. The number of unbranched alkanes of at least 4 members (excludes halogenated alkanes) is 2. The Morgan fingerprint density at radius 3 is 2.78 bits per heavy atom. The lowest BCUT2D eigenvalue weighted by molar-refractivity contribution is -0.145. The molecule has 152 valence electrons. The highest BCUT2D eigenvalue weighted by molar-refractivity contribution is 5.41. The Morgan fingerprint density at radius 2 is 1.96 bits per heavy atom. The van der Waals surface area contributed by atoms with Crippen molar-refractivity contribution in [1.82, 2.24) is 4.90 Å². The zero-order chi connectivity index (χ0) is 19.2. The second-order valence-corrected chi connectivity index (χ2v) is 7.42. The molecule has 7 nitrogen and oxygen atoms in total. The van der Waals surface area contributed by atoms with Crippen LogP contribution in [-0.4, -0.2) is 82.6 Å². The molecule has 4 atom stereocenters. The molecular formula is C20H31NO6. The van der Waals surface area contributed by atoms with Crippen LogP contribution >= 0.6 is 0 Å². The average Bonchev–Trinajstić information content (AvgIpc) is 2.69. The number of hydrogen-bond acceptors (Lipinski definition) is 7. The van der Waals surface area contributed by atoms with Crippen LogP contribution in [0.25, 0.3) is 0 Å². The van der Waals surface area contributed by atoms with Crippen molar-refractivity contribution in [3.8, 4) is 11.5 Å². The highest BCUT2D eigenvalue weighted by atomic mass is 16.5. The van der Waals surface area contributed by atoms with Crippen LogP contribution in [0.4, 0.5) is 0 Å². The highest BCUT2D eigenvalue weighted by Gasteiger charge is 2.40. The van der Waals surface area contributed by atoms with Gasteiger partial charge in [0.05, 0.1) is 32.0 Å². The van der Waals surface area contributed by atoms with Crippen LogP contribution in [0, 0.1) is 0 Å². The van der Waals surface area contributed by atoms with Gasteiger partial charge in [0.15, 0.2) is 0 Å². The average molecular weight is 381 g/mol. The number of fused-ring (bicyclic) bond motifs is 1. The lowest BCUT2D eigenvalue weighted by atomic mass is 9.94. The topological polar surface area (TPSA) is 103 Å². The fourth-order valence-electron chi connectivity index (χ4n) is 3.85. The molecule has 1 fully saturated rings. The largest absolute Gasteiger partial charge is 0.494 e. The number of nitrogens with zero attached hydrogens (tertiary/aromatic N) is 1. The maximum Gasteiger partial charge on any atom is 0.122 e. The van der Waals surface area contributed by atoms with E-state index in [1.807, 2.05) is 17.0 Å². The Labute approximate surface area is 160 Å². The van der Waals surface area contributed by atoms with Crippen molar-refractivity contribution in [2.45, 2.75) is 56.5 Å². The molecule has 27 heavy (non-hydrogen) atoms. The summed E-state index contributed by atoms with van der Waals surface area (Å²) in [5, 5.41) is 39.0.